The van der Waals surface area contributed by atoms with E-state index in [0.717, 1.165) is 30.1 Å². The van der Waals surface area contributed by atoms with Gasteiger partial charge in [-0.3, -0.25) is 9.59 Å². The molecule has 0 radical (unpaired) electrons. The number of hydrogen-bond acceptors (Lipinski definition) is 6. The number of benzene rings is 1. The van der Waals surface area contributed by atoms with Gasteiger partial charge in [0.05, 0.1) is 29.4 Å². The van der Waals surface area contributed by atoms with Crippen LogP contribution in [-0.2, 0) is 9.53 Å². The summed E-state index contributed by atoms with van der Waals surface area (Å²) in [6.07, 6.45) is 6.93. The molecule has 2 aliphatic heterocycles. The van der Waals surface area contributed by atoms with E-state index in [0.29, 0.717) is 24.2 Å². The number of likely N-dealkylation sites (tertiary alicyclic amines) is 1. The molecule has 2 fully saturated rings. The van der Waals surface area contributed by atoms with Crippen molar-refractivity contribution in [3.05, 3.63) is 23.8 Å². The van der Waals surface area contributed by atoms with Gasteiger partial charge in [-0.25, -0.2) is 0 Å². The second-order valence-corrected chi connectivity index (χ2v) is 7.06. The number of aromatic nitrogens is 2. The number of piperazine rings is 1. The fraction of sp³-hybridized carbons (Fsp3) is 0.444. The first-order chi connectivity index (χ1) is 12.7. The standard InChI is InChI=1S/C18H18N4O3S/c1-2-8-25-11-16(23)21-9-12-6-7-13(10-21)22(12)18(24)14-4-3-5-15-17(14)20-26-19-15/h1,3-5,12-13H,6-11H2/t12-,13+. The monoisotopic (exact) mass is 370 g/mol. The Morgan fingerprint density at radius 2 is 2.04 bits per heavy atom. The number of ether oxygens (including phenoxy) is 1. The molecule has 2 bridgehead atoms. The summed E-state index contributed by atoms with van der Waals surface area (Å²) in [5, 5.41) is 0. The summed E-state index contributed by atoms with van der Waals surface area (Å²) < 4.78 is 13.6. The fourth-order valence-corrected chi connectivity index (χ4v) is 4.39. The van der Waals surface area contributed by atoms with Gasteiger partial charge in [-0.1, -0.05) is 12.0 Å². The van der Waals surface area contributed by atoms with Crippen LogP contribution in [0.5, 0.6) is 0 Å². The normalized spacial score (nSPS) is 21.8. The quantitative estimate of drug-likeness (QED) is 0.596. The molecule has 7 nitrogen and oxygen atoms in total. The van der Waals surface area contributed by atoms with E-state index in [2.05, 4.69) is 14.7 Å². The van der Waals surface area contributed by atoms with E-state index in [1.165, 1.54) is 0 Å². The van der Waals surface area contributed by atoms with Crippen molar-refractivity contribution in [2.24, 2.45) is 0 Å². The topological polar surface area (TPSA) is 75.6 Å². The highest BCUT2D eigenvalue weighted by Gasteiger charge is 2.44. The number of carbonyl (C=O) groups is 2. The van der Waals surface area contributed by atoms with Crippen LogP contribution in [0.2, 0.25) is 0 Å². The molecule has 0 spiro atoms. The Hall–Kier alpha value is -2.50. The van der Waals surface area contributed by atoms with E-state index in [-0.39, 0.29) is 37.1 Å². The third-order valence-electron chi connectivity index (χ3n) is 5.00. The van der Waals surface area contributed by atoms with Gasteiger partial charge >= 0.3 is 0 Å². The largest absolute Gasteiger partial charge is 0.359 e. The highest BCUT2D eigenvalue weighted by molar-refractivity contribution is 7.00. The molecule has 0 aliphatic carbocycles. The van der Waals surface area contributed by atoms with Crippen molar-refractivity contribution in [1.29, 1.82) is 0 Å². The van der Waals surface area contributed by atoms with Gasteiger partial charge in [0.1, 0.15) is 24.2 Å². The molecule has 0 N–H and O–H groups in total. The smallest absolute Gasteiger partial charge is 0.256 e. The minimum Gasteiger partial charge on any atom is -0.359 e. The Balaban J connectivity index is 1.50. The average molecular weight is 370 g/mol. The maximum absolute atomic E-state index is 13.2. The Morgan fingerprint density at radius 3 is 2.77 bits per heavy atom. The average Bonchev–Trinajstić information content (AvgIpc) is 3.23. The van der Waals surface area contributed by atoms with E-state index in [4.69, 9.17) is 11.2 Å². The third kappa shape index (κ3) is 2.93. The van der Waals surface area contributed by atoms with Gasteiger partial charge in [-0.05, 0) is 25.0 Å². The maximum atomic E-state index is 13.2. The van der Waals surface area contributed by atoms with Crippen LogP contribution in [0.1, 0.15) is 23.2 Å². The molecule has 0 unspecified atom stereocenters. The molecule has 1 aromatic heterocycles. The van der Waals surface area contributed by atoms with Gasteiger partial charge in [0.15, 0.2) is 0 Å². The van der Waals surface area contributed by atoms with Crippen LogP contribution in [0.25, 0.3) is 11.0 Å². The van der Waals surface area contributed by atoms with Gasteiger partial charge in [-0.15, -0.1) is 6.42 Å². The molecule has 2 atom stereocenters. The third-order valence-corrected chi connectivity index (χ3v) is 5.54. The van der Waals surface area contributed by atoms with Crippen molar-refractivity contribution >= 4 is 34.6 Å². The maximum Gasteiger partial charge on any atom is 0.256 e. The SMILES string of the molecule is C#CCOCC(=O)N1C[C@H]2CC[C@@H](C1)N2C(=O)c1cccc2nsnc12. The summed E-state index contributed by atoms with van der Waals surface area (Å²) in [6.45, 7) is 1.18. The lowest BCUT2D eigenvalue weighted by Gasteiger charge is -2.41. The van der Waals surface area contributed by atoms with Crippen molar-refractivity contribution in [3.63, 3.8) is 0 Å². The van der Waals surface area contributed by atoms with E-state index < -0.39 is 0 Å². The molecule has 1 aromatic carbocycles. The Labute approximate surface area is 155 Å². The zero-order valence-corrected chi connectivity index (χ0v) is 14.9. The highest BCUT2D eigenvalue weighted by Crippen LogP contribution is 2.32. The van der Waals surface area contributed by atoms with Crippen LogP contribution in [0, 0.1) is 12.3 Å². The molecular weight excluding hydrogens is 352 g/mol. The number of terminal acetylenes is 1. The number of fused-ring (bicyclic) bond motifs is 3. The fourth-order valence-electron chi connectivity index (χ4n) is 3.84. The summed E-state index contributed by atoms with van der Waals surface area (Å²) in [6, 6.07) is 5.55. The minimum atomic E-state index is -0.0740. The predicted molar refractivity (Wildman–Crippen MR) is 96.6 cm³/mol. The minimum absolute atomic E-state index is 0.0125. The number of rotatable bonds is 4. The summed E-state index contributed by atoms with van der Waals surface area (Å²) in [5.41, 5.74) is 1.99. The van der Waals surface area contributed by atoms with Crippen LogP contribution in [0.15, 0.2) is 18.2 Å². The van der Waals surface area contributed by atoms with Gasteiger partial charge < -0.3 is 14.5 Å². The van der Waals surface area contributed by atoms with Crippen LogP contribution in [-0.4, -0.2) is 68.7 Å². The molecule has 4 rings (SSSR count). The summed E-state index contributed by atoms with van der Waals surface area (Å²) in [4.78, 5) is 29.2. The molecule has 8 heteroatoms. The molecule has 134 valence electrons. The Kier molecular flexibility index (Phi) is 4.57. The number of amides is 2. The lowest BCUT2D eigenvalue weighted by atomic mass is 10.1. The first-order valence-electron chi connectivity index (χ1n) is 8.52. The van der Waals surface area contributed by atoms with Gasteiger partial charge in [0, 0.05) is 13.1 Å². The Morgan fingerprint density at radius 1 is 1.27 bits per heavy atom. The first-order valence-corrected chi connectivity index (χ1v) is 9.25. The van der Waals surface area contributed by atoms with Gasteiger partial charge in [0.2, 0.25) is 5.91 Å². The van der Waals surface area contributed by atoms with E-state index in [1.54, 1.807) is 11.0 Å². The molecule has 2 aliphatic rings. The van der Waals surface area contributed by atoms with Gasteiger partial charge in [-0.2, -0.15) is 8.75 Å². The van der Waals surface area contributed by atoms with E-state index in [9.17, 15) is 9.59 Å². The molecule has 26 heavy (non-hydrogen) atoms. The van der Waals surface area contributed by atoms with Crippen LogP contribution in [0.4, 0.5) is 0 Å². The van der Waals surface area contributed by atoms with Crippen LogP contribution < -0.4 is 0 Å². The predicted octanol–water partition coefficient (Wildman–Crippen LogP) is 1.16. The van der Waals surface area contributed by atoms with E-state index in [1.807, 2.05) is 17.0 Å². The van der Waals surface area contributed by atoms with Crippen LogP contribution in [0.3, 0.4) is 0 Å². The van der Waals surface area contributed by atoms with Crippen LogP contribution >= 0.6 is 11.7 Å². The van der Waals surface area contributed by atoms with Crippen molar-refractivity contribution in [3.8, 4) is 12.3 Å². The molecule has 2 aromatic rings. The van der Waals surface area contributed by atoms with Crippen molar-refractivity contribution in [2.45, 2.75) is 24.9 Å². The summed E-state index contributed by atoms with van der Waals surface area (Å²) >= 11 is 1.11. The number of hydrogen-bond donors (Lipinski definition) is 0. The summed E-state index contributed by atoms with van der Waals surface area (Å²) in [7, 11) is 0. The highest BCUT2D eigenvalue weighted by atomic mass is 32.1. The molecular formula is C18H18N4O3S. The van der Waals surface area contributed by atoms with Gasteiger partial charge in [0.25, 0.3) is 5.91 Å². The van der Waals surface area contributed by atoms with Crippen molar-refractivity contribution in [2.75, 3.05) is 26.3 Å². The zero-order valence-electron chi connectivity index (χ0n) is 14.1. The lowest BCUT2D eigenvalue weighted by molar-refractivity contribution is -0.138. The van der Waals surface area contributed by atoms with Crippen molar-refractivity contribution < 1.29 is 14.3 Å². The first kappa shape index (κ1) is 16.9. The zero-order chi connectivity index (χ0) is 18.1. The van der Waals surface area contributed by atoms with E-state index >= 15 is 0 Å². The molecule has 0 saturated carbocycles. The number of carbonyl (C=O) groups excluding carboxylic acids is 2. The lowest BCUT2D eigenvalue weighted by Crippen LogP contribution is -2.57. The molecule has 2 saturated heterocycles. The number of nitrogens with zero attached hydrogens (tertiary/aromatic N) is 4. The summed E-state index contributed by atoms with van der Waals surface area (Å²) in [5.74, 6) is 2.26. The molecule has 3 heterocycles. The second kappa shape index (κ2) is 7.02. The van der Waals surface area contributed by atoms with Crippen molar-refractivity contribution in [1.82, 2.24) is 18.5 Å². The Bertz CT molecular complexity index is 876. The molecule has 2 amide bonds. The second-order valence-electron chi connectivity index (χ2n) is 6.53.